The molecule has 0 aliphatic heterocycles. The average molecular weight is 476 g/mol. The van der Waals surface area contributed by atoms with E-state index in [0.29, 0.717) is 33.7 Å². The van der Waals surface area contributed by atoms with Gasteiger partial charge in [-0.05, 0) is 42.8 Å². The monoisotopic (exact) mass is 475 g/mol. The molecule has 3 rings (SSSR count). The average Bonchev–Trinajstić information content (AvgIpc) is 3.09. The maximum absolute atomic E-state index is 12.6. The summed E-state index contributed by atoms with van der Waals surface area (Å²) in [6.45, 7) is 4.72. The van der Waals surface area contributed by atoms with Gasteiger partial charge in [0.2, 0.25) is 0 Å². The van der Waals surface area contributed by atoms with E-state index in [4.69, 9.17) is 28.6 Å². The molecule has 2 aromatic carbocycles. The molecule has 0 saturated carbocycles. The van der Waals surface area contributed by atoms with Gasteiger partial charge in [0.25, 0.3) is 11.8 Å². The van der Waals surface area contributed by atoms with Crippen molar-refractivity contribution in [1.29, 1.82) is 0 Å². The van der Waals surface area contributed by atoms with E-state index in [1.165, 1.54) is 11.3 Å². The van der Waals surface area contributed by atoms with Gasteiger partial charge < -0.3 is 4.74 Å². The molecule has 0 bridgehead atoms. The summed E-state index contributed by atoms with van der Waals surface area (Å²) >= 11 is 12.7. The van der Waals surface area contributed by atoms with Gasteiger partial charge in [-0.15, -0.1) is 11.3 Å². The van der Waals surface area contributed by atoms with Gasteiger partial charge in [-0.3, -0.25) is 25.8 Å². The van der Waals surface area contributed by atoms with E-state index < -0.39 is 11.8 Å². The lowest BCUT2D eigenvalue weighted by atomic mass is 10.1. The van der Waals surface area contributed by atoms with Gasteiger partial charge in [-0.25, -0.2) is 0 Å². The number of benzene rings is 2. The summed E-state index contributed by atoms with van der Waals surface area (Å²) in [5.41, 5.74) is 5.36. The van der Waals surface area contributed by atoms with Crippen molar-refractivity contribution in [2.45, 2.75) is 20.3 Å². The third kappa shape index (κ3) is 5.94. The van der Waals surface area contributed by atoms with Crippen LogP contribution in [0.1, 0.15) is 40.3 Å². The molecule has 31 heavy (non-hydrogen) atoms. The van der Waals surface area contributed by atoms with Crippen LogP contribution in [0.2, 0.25) is 5.02 Å². The normalized spacial score (nSPS) is 10.7. The van der Waals surface area contributed by atoms with Gasteiger partial charge in [-0.2, -0.15) is 0 Å². The molecule has 0 aliphatic carbocycles. The highest BCUT2D eigenvalue weighted by molar-refractivity contribution is 7.80. The minimum absolute atomic E-state index is 0.0485. The number of carbonyl (C=O) groups is 2. The van der Waals surface area contributed by atoms with E-state index in [0.717, 1.165) is 16.5 Å². The van der Waals surface area contributed by atoms with Crippen LogP contribution in [0.4, 0.5) is 0 Å². The molecule has 3 aromatic rings. The number of amides is 2. The van der Waals surface area contributed by atoms with Crippen molar-refractivity contribution in [3.8, 4) is 5.75 Å². The van der Waals surface area contributed by atoms with E-state index in [9.17, 15) is 9.59 Å². The van der Waals surface area contributed by atoms with Crippen molar-refractivity contribution >= 4 is 62.2 Å². The smallest absolute Gasteiger partial charge is 0.281 e. The van der Waals surface area contributed by atoms with E-state index in [-0.39, 0.29) is 5.11 Å². The number of fused-ring (bicyclic) bond motifs is 1. The SMILES string of the molecule is CC(C)CCOc1ccccc1C(=O)NC(=S)NNC(=O)c1sc2ccccc2c1Cl. The molecule has 0 fully saturated rings. The molecule has 0 radical (unpaired) electrons. The third-order valence-electron chi connectivity index (χ3n) is 4.34. The largest absolute Gasteiger partial charge is 0.493 e. The van der Waals surface area contributed by atoms with Crippen LogP contribution in [0.5, 0.6) is 5.75 Å². The number of thiocarbonyl (C=S) groups is 1. The zero-order chi connectivity index (χ0) is 22.4. The number of halogens is 1. The first kappa shape index (κ1) is 23.0. The highest BCUT2D eigenvalue weighted by Crippen LogP contribution is 2.34. The molecule has 0 aliphatic rings. The van der Waals surface area contributed by atoms with Crippen LogP contribution in [-0.2, 0) is 0 Å². The van der Waals surface area contributed by atoms with Crippen molar-refractivity contribution in [2.24, 2.45) is 5.92 Å². The van der Waals surface area contributed by atoms with Crippen LogP contribution in [0.15, 0.2) is 48.5 Å². The fourth-order valence-electron chi connectivity index (χ4n) is 2.72. The van der Waals surface area contributed by atoms with Gasteiger partial charge in [-0.1, -0.05) is 55.8 Å². The predicted octanol–water partition coefficient (Wildman–Crippen LogP) is 4.93. The summed E-state index contributed by atoms with van der Waals surface area (Å²) in [6.07, 6.45) is 0.877. The van der Waals surface area contributed by atoms with Crippen LogP contribution in [0.25, 0.3) is 10.1 Å². The number of para-hydroxylation sites is 1. The van der Waals surface area contributed by atoms with Crippen molar-refractivity contribution in [3.63, 3.8) is 0 Å². The lowest BCUT2D eigenvalue weighted by Gasteiger charge is -2.14. The molecule has 3 N–H and O–H groups in total. The Morgan fingerprint density at radius 2 is 1.77 bits per heavy atom. The number of hydrazine groups is 1. The first-order chi connectivity index (χ1) is 14.9. The molecule has 1 heterocycles. The molecule has 9 heteroatoms. The molecular formula is C22H22ClN3O3S2. The second-order valence-electron chi connectivity index (χ2n) is 7.13. The Kier molecular flexibility index (Phi) is 7.84. The standard InChI is InChI=1S/C22H22ClN3O3S2/c1-13(2)11-12-29-16-9-5-3-7-14(16)20(27)24-22(30)26-25-21(28)19-18(23)15-8-4-6-10-17(15)31-19/h3-10,13H,11-12H2,1-2H3,(H,25,28)(H2,24,26,27,30). The lowest BCUT2D eigenvalue weighted by molar-refractivity contribution is 0.0937. The van der Waals surface area contributed by atoms with Crippen LogP contribution in [0, 0.1) is 5.92 Å². The number of carbonyl (C=O) groups excluding carboxylic acids is 2. The van der Waals surface area contributed by atoms with Crippen molar-refractivity contribution < 1.29 is 14.3 Å². The van der Waals surface area contributed by atoms with E-state index >= 15 is 0 Å². The molecule has 0 spiro atoms. The number of rotatable bonds is 6. The number of nitrogens with one attached hydrogen (secondary N) is 3. The molecule has 0 atom stereocenters. The number of thiophene rings is 1. The molecule has 2 amide bonds. The van der Waals surface area contributed by atoms with E-state index in [2.05, 4.69) is 30.0 Å². The summed E-state index contributed by atoms with van der Waals surface area (Å²) in [7, 11) is 0. The Hall–Kier alpha value is -2.68. The highest BCUT2D eigenvalue weighted by Gasteiger charge is 2.18. The van der Waals surface area contributed by atoms with Gasteiger partial charge in [0.05, 0.1) is 17.2 Å². The Labute approximate surface area is 194 Å². The van der Waals surface area contributed by atoms with E-state index in [1.807, 2.05) is 24.3 Å². The molecule has 0 saturated heterocycles. The van der Waals surface area contributed by atoms with Gasteiger partial charge in [0.15, 0.2) is 5.11 Å². The maximum atomic E-state index is 12.6. The molecule has 162 valence electrons. The van der Waals surface area contributed by atoms with Crippen molar-refractivity contribution in [3.05, 3.63) is 64.0 Å². The molecular weight excluding hydrogens is 454 g/mol. The Morgan fingerprint density at radius 3 is 2.52 bits per heavy atom. The van der Waals surface area contributed by atoms with Crippen LogP contribution >= 0.6 is 35.2 Å². The van der Waals surface area contributed by atoms with E-state index in [1.54, 1.807) is 24.3 Å². The number of hydrogen-bond donors (Lipinski definition) is 3. The number of hydrogen-bond acceptors (Lipinski definition) is 5. The zero-order valence-electron chi connectivity index (χ0n) is 17.0. The summed E-state index contributed by atoms with van der Waals surface area (Å²) < 4.78 is 6.65. The fraction of sp³-hybridized carbons (Fsp3) is 0.227. The van der Waals surface area contributed by atoms with Crippen LogP contribution in [-0.4, -0.2) is 23.5 Å². The minimum atomic E-state index is -0.444. The Bertz CT molecular complexity index is 1110. The van der Waals surface area contributed by atoms with Gasteiger partial charge in [0.1, 0.15) is 10.6 Å². The molecule has 6 nitrogen and oxygen atoms in total. The Balaban J connectivity index is 1.57. The summed E-state index contributed by atoms with van der Waals surface area (Å²) in [5.74, 6) is 0.0902. The topological polar surface area (TPSA) is 79.5 Å². The summed E-state index contributed by atoms with van der Waals surface area (Å²) in [5, 5.41) is 3.68. The van der Waals surface area contributed by atoms with Gasteiger partial charge >= 0.3 is 0 Å². The lowest BCUT2D eigenvalue weighted by Crippen LogP contribution is -2.48. The summed E-state index contributed by atoms with van der Waals surface area (Å²) in [6, 6.07) is 14.4. The summed E-state index contributed by atoms with van der Waals surface area (Å²) in [4.78, 5) is 25.4. The molecule has 1 aromatic heterocycles. The van der Waals surface area contributed by atoms with Gasteiger partial charge in [0, 0.05) is 10.1 Å². The zero-order valence-corrected chi connectivity index (χ0v) is 19.4. The van der Waals surface area contributed by atoms with Crippen molar-refractivity contribution in [1.82, 2.24) is 16.2 Å². The fourth-order valence-corrected chi connectivity index (χ4v) is 4.27. The number of ether oxygens (including phenoxy) is 1. The molecule has 0 unspecified atom stereocenters. The predicted molar refractivity (Wildman–Crippen MR) is 129 cm³/mol. The maximum Gasteiger partial charge on any atom is 0.281 e. The minimum Gasteiger partial charge on any atom is -0.493 e. The first-order valence-electron chi connectivity index (χ1n) is 9.67. The first-order valence-corrected chi connectivity index (χ1v) is 11.3. The second kappa shape index (κ2) is 10.6. The van der Waals surface area contributed by atoms with Crippen molar-refractivity contribution in [2.75, 3.05) is 6.61 Å². The Morgan fingerprint density at radius 1 is 1.06 bits per heavy atom. The highest BCUT2D eigenvalue weighted by atomic mass is 35.5. The van der Waals surface area contributed by atoms with Crippen LogP contribution < -0.4 is 20.9 Å². The third-order valence-corrected chi connectivity index (χ3v) is 6.22. The second-order valence-corrected chi connectivity index (χ2v) is 8.97. The van der Waals surface area contributed by atoms with Crippen LogP contribution in [0.3, 0.4) is 0 Å². The quantitative estimate of drug-likeness (QED) is 0.348.